The average molecular weight is 314 g/mol. The van der Waals surface area contributed by atoms with E-state index in [1.165, 1.54) is 5.56 Å². The lowest BCUT2D eigenvalue weighted by atomic mass is 9.83. The maximum absolute atomic E-state index is 11.0. The van der Waals surface area contributed by atoms with E-state index in [1.54, 1.807) is 7.11 Å². The van der Waals surface area contributed by atoms with Crippen LogP contribution >= 0.6 is 15.9 Å². The zero-order valence-corrected chi connectivity index (χ0v) is 12.9. The first-order valence-corrected chi connectivity index (χ1v) is 6.80. The molecule has 0 heterocycles. The number of halogens is 1. The maximum atomic E-state index is 11.0. The van der Waals surface area contributed by atoms with Crippen molar-refractivity contribution in [3.05, 3.63) is 29.3 Å². The molecule has 18 heavy (non-hydrogen) atoms. The van der Waals surface area contributed by atoms with Gasteiger partial charge < -0.3 is 10.1 Å². The molecule has 0 aromatic heterocycles. The standard InChI is InChI=1S/C14H20BrNO2/c1-5-10-6-7-12(18-4)11(8-10)14(2,3)9-16-13(15)17/h6-8H,5,9H2,1-4H3,(H,16,17). The van der Waals surface area contributed by atoms with Crippen LogP contribution in [0.3, 0.4) is 0 Å². The van der Waals surface area contributed by atoms with E-state index in [0.717, 1.165) is 17.7 Å². The van der Waals surface area contributed by atoms with E-state index in [0.29, 0.717) is 6.54 Å². The molecule has 0 spiro atoms. The third-order valence-electron chi connectivity index (χ3n) is 3.07. The van der Waals surface area contributed by atoms with Crippen molar-refractivity contribution in [1.82, 2.24) is 5.32 Å². The van der Waals surface area contributed by atoms with E-state index in [-0.39, 0.29) is 10.2 Å². The lowest BCUT2D eigenvalue weighted by Crippen LogP contribution is -2.34. The van der Waals surface area contributed by atoms with Crippen LogP contribution in [-0.4, -0.2) is 18.5 Å². The second-order valence-electron chi connectivity index (χ2n) is 4.90. The van der Waals surface area contributed by atoms with Crippen molar-refractivity contribution in [3.63, 3.8) is 0 Å². The summed E-state index contributed by atoms with van der Waals surface area (Å²) in [4.78, 5) is 10.8. The number of carbonyl (C=O) groups excluding carboxylic acids is 1. The molecule has 100 valence electrons. The number of ether oxygens (including phenoxy) is 1. The molecule has 0 saturated heterocycles. The van der Waals surface area contributed by atoms with Crippen LogP contribution in [0.15, 0.2) is 18.2 Å². The molecular formula is C14H20BrNO2. The second kappa shape index (κ2) is 6.23. The number of carbonyl (C=O) groups is 1. The number of rotatable bonds is 5. The molecule has 0 radical (unpaired) electrons. The largest absolute Gasteiger partial charge is 0.496 e. The monoisotopic (exact) mass is 313 g/mol. The van der Waals surface area contributed by atoms with Gasteiger partial charge in [0.1, 0.15) is 5.75 Å². The minimum absolute atomic E-state index is 0.181. The van der Waals surface area contributed by atoms with Gasteiger partial charge in [0.25, 0.3) is 4.82 Å². The van der Waals surface area contributed by atoms with Crippen molar-refractivity contribution in [2.75, 3.05) is 13.7 Å². The summed E-state index contributed by atoms with van der Waals surface area (Å²) in [7, 11) is 1.67. The topological polar surface area (TPSA) is 38.3 Å². The van der Waals surface area contributed by atoms with Crippen molar-refractivity contribution in [1.29, 1.82) is 0 Å². The number of aryl methyl sites for hydroxylation is 1. The molecule has 0 bridgehead atoms. The van der Waals surface area contributed by atoms with Crippen molar-refractivity contribution < 1.29 is 9.53 Å². The summed E-state index contributed by atoms with van der Waals surface area (Å²) in [6, 6.07) is 6.21. The van der Waals surface area contributed by atoms with Crippen LogP contribution in [0, 0.1) is 0 Å². The number of hydrogen-bond acceptors (Lipinski definition) is 2. The Morgan fingerprint density at radius 3 is 2.61 bits per heavy atom. The van der Waals surface area contributed by atoms with Crippen LogP contribution in [0.25, 0.3) is 0 Å². The molecular weight excluding hydrogens is 294 g/mol. The molecule has 0 atom stereocenters. The van der Waals surface area contributed by atoms with E-state index in [2.05, 4.69) is 54.2 Å². The number of amides is 1. The molecule has 1 rings (SSSR count). The fourth-order valence-electron chi connectivity index (χ4n) is 1.89. The summed E-state index contributed by atoms with van der Waals surface area (Å²) in [6.07, 6.45) is 0.984. The lowest BCUT2D eigenvalue weighted by molar-refractivity contribution is 0.259. The predicted molar refractivity (Wildman–Crippen MR) is 77.7 cm³/mol. The number of hydrogen-bond donors (Lipinski definition) is 1. The summed E-state index contributed by atoms with van der Waals surface area (Å²) in [6.45, 7) is 6.86. The van der Waals surface area contributed by atoms with Crippen molar-refractivity contribution in [3.8, 4) is 5.75 Å². The van der Waals surface area contributed by atoms with Crippen LogP contribution in [-0.2, 0) is 11.8 Å². The normalized spacial score (nSPS) is 11.2. The van der Waals surface area contributed by atoms with E-state index in [4.69, 9.17) is 4.74 Å². The number of benzene rings is 1. The molecule has 0 aliphatic heterocycles. The van der Waals surface area contributed by atoms with Crippen molar-refractivity contribution in [2.24, 2.45) is 0 Å². The minimum Gasteiger partial charge on any atom is -0.496 e. The first kappa shape index (κ1) is 15.0. The maximum Gasteiger partial charge on any atom is 0.287 e. The van der Waals surface area contributed by atoms with E-state index >= 15 is 0 Å². The van der Waals surface area contributed by atoms with Gasteiger partial charge in [-0.05, 0) is 18.1 Å². The fraction of sp³-hybridized carbons (Fsp3) is 0.500. The van der Waals surface area contributed by atoms with Gasteiger partial charge in [-0.3, -0.25) is 4.79 Å². The first-order valence-electron chi connectivity index (χ1n) is 6.01. The third-order valence-corrected chi connectivity index (χ3v) is 3.35. The van der Waals surface area contributed by atoms with Crippen LogP contribution in [0.5, 0.6) is 5.75 Å². The highest BCUT2D eigenvalue weighted by molar-refractivity contribution is 9.18. The quantitative estimate of drug-likeness (QED) is 0.665. The average Bonchev–Trinajstić information content (AvgIpc) is 2.35. The van der Waals surface area contributed by atoms with Gasteiger partial charge in [-0.25, -0.2) is 0 Å². The molecule has 0 aliphatic rings. The highest BCUT2D eigenvalue weighted by Crippen LogP contribution is 2.32. The Hall–Kier alpha value is -1.03. The SMILES string of the molecule is CCc1ccc(OC)c(C(C)(C)CNC(=O)Br)c1. The zero-order chi connectivity index (χ0) is 13.8. The van der Waals surface area contributed by atoms with E-state index < -0.39 is 0 Å². The number of methoxy groups -OCH3 is 1. The Labute approximate surface area is 117 Å². The van der Waals surface area contributed by atoms with Crippen LogP contribution in [0.1, 0.15) is 31.9 Å². The lowest BCUT2D eigenvalue weighted by Gasteiger charge is -2.27. The summed E-state index contributed by atoms with van der Waals surface area (Å²) >= 11 is 2.88. The Morgan fingerprint density at radius 1 is 1.44 bits per heavy atom. The Morgan fingerprint density at radius 2 is 2.11 bits per heavy atom. The summed E-state index contributed by atoms with van der Waals surface area (Å²) in [5.74, 6) is 0.862. The van der Waals surface area contributed by atoms with Gasteiger partial charge >= 0.3 is 0 Å². The van der Waals surface area contributed by atoms with Crippen molar-refractivity contribution >= 4 is 20.7 Å². The molecule has 0 saturated carbocycles. The van der Waals surface area contributed by atoms with E-state index in [9.17, 15) is 4.79 Å². The molecule has 1 N–H and O–H groups in total. The Kier molecular flexibility index (Phi) is 5.20. The van der Waals surface area contributed by atoms with Crippen LogP contribution in [0.4, 0.5) is 4.79 Å². The predicted octanol–water partition coefficient (Wildman–Crippen LogP) is 3.64. The summed E-state index contributed by atoms with van der Waals surface area (Å²) < 4.78 is 5.41. The van der Waals surface area contributed by atoms with E-state index in [1.807, 2.05) is 6.07 Å². The van der Waals surface area contributed by atoms with Crippen LogP contribution < -0.4 is 10.1 Å². The highest BCUT2D eigenvalue weighted by Gasteiger charge is 2.25. The summed E-state index contributed by atoms with van der Waals surface area (Å²) in [5, 5.41) is 2.80. The highest BCUT2D eigenvalue weighted by atomic mass is 79.9. The van der Waals surface area contributed by atoms with Gasteiger partial charge in [0.15, 0.2) is 0 Å². The molecule has 3 nitrogen and oxygen atoms in total. The Balaban J connectivity index is 3.07. The minimum atomic E-state index is -0.193. The zero-order valence-electron chi connectivity index (χ0n) is 11.3. The molecule has 4 heteroatoms. The van der Waals surface area contributed by atoms with Gasteiger partial charge in [0, 0.05) is 33.5 Å². The molecule has 1 aromatic rings. The molecule has 1 amide bonds. The molecule has 0 fully saturated rings. The smallest absolute Gasteiger partial charge is 0.287 e. The van der Waals surface area contributed by atoms with Gasteiger partial charge in [-0.15, -0.1) is 0 Å². The van der Waals surface area contributed by atoms with Gasteiger partial charge in [-0.1, -0.05) is 32.9 Å². The summed E-state index contributed by atoms with van der Waals surface area (Å²) in [5.41, 5.74) is 2.20. The van der Waals surface area contributed by atoms with Gasteiger partial charge in [-0.2, -0.15) is 0 Å². The van der Waals surface area contributed by atoms with Crippen molar-refractivity contribution in [2.45, 2.75) is 32.6 Å². The number of nitrogens with one attached hydrogen (secondary N) is 1. The third kappa shape index (κ3) is 3.73. The second-order valence-corrected chi connectivity index (χ2v) is 5.62. The van der Waals surface area contributed by atoms with Gasteiger partial charge in [0.05, 0.1) is 7.11 Å². The first-order chi connectivity index (χ1) is 8.40. The van der Waals surface area contributed by atoms with Gasteiger partial charge in [0.2, 0.25) is 0 Å². The Bertz CT molecular complexity index is 430. The fourth-order valence-corrected chi connectivity index (χ4v) is 2.03. The molecule has 0 unspecified atom stereocenters. The van der Waals surface area contributed by atoms with Crippen LogP contribution in [0.2, 0.25) is 0 Å². The molecule has 0 aliphatic carbocycles. The molecule has 1 aromatic carbocycles.